The molecule has 34 heavy (non-hydrogen) atoms. The molecule has 1 aromatic heterocycles. The van der Waals surface area contributed by atoms with Crippen molar-refractivity contribution >= 4 is 23.2 Å². The van der Waals surface area contributed by atoms with E-state index >= 15 is 0 Å². The molecule has 1 atom stereocenters. The molecule has 1 aliphatic heterocycles. The van der Waals surface area contributed by atoms with Crippen LogP contribution in [0.1, 0.15) is 71.2 Å². The third kappa shape index (κ3) is 4.80. The van der Waals surface area contributed by atoms with E-state index < -0.39 is 0 Å². The van der Waals surface area contributed by atoms with Crippen molar-refractivity contribution in [2.75, 3.05) is 19.6 Å². The molecule has 0 N–H and O–H groups in total. The van der Waals surface area contributed by atoms with E-state index in [1.807, 2.05) is 48.2 Å². The first-order valence-corrected chi connectivity index (χ1v) is 12.9. The van der Waals surface area contributed by atoms with E-state index in [-0.39, 0.29) is 29.8 Å². The Morgan fingerprint density at radius 3 is 2.38 bits per heavy atom. The molecule has 2 aromatic carbocycles. The fourth-order valence-electron chi connectivity index (χ4n) is 4.69. The average molecular weight is 475 g/mol. The van der Waals surface area contributed by atoms with Crippen LogP contribution in [-0.4, -0.2) is 41.2 Å². The molecule has 0 bridgehead atoms. The summed E-state index contributed by atoms with van der Waals surface area (Å²) in [4.78, 5) is 31.9. The molecular formula is C29H34N2O2S. The van der Waals surface area contributed by atoms with Crippen LogP contribution in [0.5, 0.6) is 0 Å². The first-order chi connectivity index (χ1) is 16.2. The predicted molar refractivity (Wildman–Crippen MR) is 139 cm³/mol. The van der Waals surface area contributed by atoms with Crippen LogP contribution in [0.25, 0.3) is 0 Å². The quantitative estimate of drug-likeness (QED) is 0.456. The smallest absolute Gasteiger partial charge is 0.254 e. The highest BCUT2D eigenvalue weighted by atomic mass is 32.1. The van der Waals surface area contributed by atoms with Crippen LogP contribution < -0.4 is 0 Å². The molecule has 0 fully saturated rings. The van der Waals surface area contributed by atoms with Gasteiger partial charge in [-0.2, -0.15) is 0 Å². The Hall–Kier alpha value is -2.92. The number of carbonyl (C=O) groups excluding carboxylic acids is 2. The lowest BCUT2D eigenvalue weighted by Gasteiger charge is -2.38. The Bertz CT molecular complexity index is 1170. The van der Waals surface area contributed by atoms with Crippen LogP contribution in [0, 0.1) is 6.92 Å². The largest absolute Gasteiger partial charge is 0.330 e. The lowest BCUT2D eigenvalue weighted by Crippen LogP contribution is -2.46. The molecule has 3 aromatic rings. The highest BCUT2D eigenvalue weighted by molar-refractivity contribution is 7.10. The van der Waals surface area contributed by atoms with Gasteiger partial charge in [0.15, 0.2) is 0 Å². The van der Waals surface area contributed by atoms with Crippen molar-refractivity contribution in [3.63, 3.8) is 0 Å². The minimum absolute atomic E-state index is 0.00776. The number of aryl methyl sites for hydroxylation is 1. The van der Waals surface area contributed by atoms with Crippen LogP contribution in [-0.2, 0) is 16.6 Å². The summed E-state index contributed by atoms with van der Waals surface area (Å²) in [6, 6.07) is 18.1. The average Bonchev–Trinajstić information content (AvgIpc) is 3.30. The zero-order valence-electron chi connectivity index (χ0n) is 20.8. The second-order valence-electron chi connectivity index (χ2n) is 10.0. The van der Waals surface area contributed by atoms with Crippen LogP contribution in [0.15, 0.2) is 60.0 Å². The van der Waals surface area contributed by atoms with Crippen molar-refractivity contribution in [1.29, 1.82) is 0 Å². The molecule has 0 saturated carbocycles. The van der Waals surface area contributed by atoms with Crippen molar-refractivity contribution in [3.8, 4) is 0 Å². The van der Waals surface area contributed by atoms with Crippen molar-refractivity contribution < 1.29 is 9.59 Å². The summed E-state index contributed by atoms with van der Waals surface area (Å²) < 4.78 is 0. The topological polar surface area (TPSA) is 40.6 Å². The minimum Gasteiger partial charge on any atom is -0.330 e. The number of amides is 2. The van der Waals surface area contributed by atoms with Crippen molar-refractivity contribution in [3.05, 3.63) is 92.7 Å². The molecule has 0 saturated heterocycles. The Balaban J connectivity index is 1.57. The minimum atomic E-state index is -0.108. The summed E-state index contributed by atoms with van der Waals surface area (Å²) in [5.74, 6) is -0.108. The van der Waals surface area contributed by atoms with Gasteiger partial charge in [0.1, 0.15) is 6.54 Å². The number of benzene rings is 2. The van der Waals surface area contributed by atoms with Crippen molar-refractivity contribution in [1.82, 2.24) is 9.80 Å². The van der Waals surface area contributed by atoms with Gasteiger partial charge in [0.25, 0.3) is 5.91 Å². The van der Waals surface area contributed by atoms with Gasteiger partial charge in [-0.1, -0.05) is 57.2 Å². The van der Waals surface area contributed by atoms with Gasteiger partial charge in [-0.15, -0.1) is 11.3 Å². The lowest BCUT2D eigenvalue weighted by molar-refractivity contribution is -0.134. The maximum absolute atomic E-state index is 13.7. The van der Waals surface area contributed by atoms with E-state index in [0.717, 1.165) is 12.0 Å². The standard InChI is InChI=1S/C29H34N2O2S/c1-6-30(28(33)21-11-13-22(14-12-21)29(3,4)5)19-26(32)31-17-15-25-24(16-18-34-25)27(31)23-10-8-7-9-20(23)2/h7-14,16,18,27H,6,15,17,19H2,1-5H3. The number of hydrogen-bond donors (Lipinski definition) is 0. The number of thiophene rings is 1. The van der Waals surface area contributed by atoms with E-state index in [1.54, 1.807) is 16.2 Å². The van der Waals surface area contributed by atoms with Gasteiger partial charge in [0, 0.05) is 23.5 Å². The second kappa shape index (κ2) is 9.75. The summed E-state index contributed by atoms with van der Waals surface area (Å²) in [6.07, 6.45) is 0.857. The highest BCUT2D eigenvalue weighted by Gasteiger charge is 2.34. The van der Waals surface area contributed by atoms with E-state index in [2.05, 4.69) is 51.3 Å². The summed E-state index contributed by atoms with van der Waals surface area (Å²) in [5.41, 5.74) is 5.38. The Kier molecular flexibility index (Phi) is 6.94. The van der Waals surface area contributed by atoms with Gasteiger partial charge in [-0.25, -0.2) is 0 Å². The Morgan fingerprint density at radius 2 is 1.74 bits per heavy atom. The molecule has 4 nitrogen and oxygen atoms in total. The van der Waals surface area contributed by atoms with E-state index in [9.17, 15) is 9.59 Å². The maximum atomic E-state index is 13.7. The fourth-order valence-corrected chi connectivity index (χ4v) is 5.59. The second-order valence-corrected chi connectivity index (χ2v) is 11.0. The molecule has 0 radical (unpaired) electrons. The number of hydrogen-bond acceptors (Lipinski definition) is 3. The number of rotatable bonds is 5. The monoisotopic (exact) mass is 474 g/mol. The number of carbonyl (C=O) groups is 2. The van der Waals surface area contributed by atoms with Crippen LogP contribution in [0.4, 0.5) is 0 Å². The summed E-state index contributed by atoms with van der Waals surface area (Å²) in [6.45, 7) is 11.7. The normalized spacial score (nSPS) is 15.7. The molecule has 2 heterocycles. The summed E-state index contributed by atoms with van der Waals surface area (Å²) in [5, 5.41) is 2.12. The van der Waals surface area contributed by atoms with Crippen molar-refractivity contribution in [2.45, 2.75) is 52.5 Å². The van der Waals surface area contributed by atoms with Crippen LogP contribution >= 0.6 is 11.3 Å². The fraction of sp³-hybridized carbons (Fsp3) is 0.379. The third-order valence-corrected chi connectivity index (χ3v) is 7.76. The van der Waals surface area contributed by atoms with E-state index in [0.29, 0.717) is 18.7 Å². The van der Waals surface area contributed by atoms with Gasteiger partial charge in [-0.3, -0.25) is 9.59 Å². The first-order valence-electron chi connectivity index (χ1n) is 12.0. The van der Waals surface area contributed by atoms with Gasteiger partial charge >= 0.3 is 0 Å². The van der Waals surface area contributed by atoms with Gasteiger partial charge in [-0.05, 0) is 71.5 Å². The molecule has 5 heteroatoms. The molecular weight excluding hydrogens is 440 g/mol. The van der Waals surface area contributed by atoms with Crippen LogP contribution in [0.2, 0.25) is 0 Å². The number of fused-ring (bicyclic) bond motifs is 1. The highest BCUT2D eigenvalue weighted by Crippen LogP contribution is 2.39. The predicted octanol–water partition coefficient (Wildman–Crippen LogP) is 5.99. The van der Waals surface area contributed by atoms with Gasteiger partial charge in [0.05, 0.1) is 6.04 Å². The van der Waals surface area contributed by atoms with E-state index in [4.69, 9.17) is 0 Å². The number of likely N-dealkylation sites (N-methyl/N-ethyl adjacent to an activating group) is 1. The molecule has 0 spiro atoms. The third-order valence-electron chi connectivity index (χ3n) is 6.76. The molecule has 178 valence electrons. The lowest BCUT2D eigenvalue weighted by atomic mass is 9.86. The van der Waals surface area contributed by atoms with Gasteiger partial charge in [0.2, 0.25) is 5.91 Å². The maximum Gasteiger partial charge on any atom is 0.254 e. The summed E-state index contributed by atoms with van der Waals surface area (Å²) >= 11 is 1.76. The number of nitrogens with zero attached hydrogens (tertiary/aromatic N) is 2. The Morgan fingerprint density at radius 1 is 1.03 bits per heavy atom. The zero-order valence-corrected chi connectivity index (χ0v) is 21.6. The molecule has 1 aliphatic rings. The van der Waals surface area contributed by atoms with Crippen molar-refractivity contribution in [2.24, 2.45) is 0 Å². The zero-order chi connectivity index (χ0) is 24.5. The SMILES string of the molecule is CCN(CC(=O)N1CCc2sccc2C1c1ccccc1C)C(=O)c1ccc(C(C)(C)C)cc1. The summed E-state index contributed by atoms with van der Waals surface area (Å²) in [7, 11) is 0. The molecule has 2 amide bonds. The van der Waals surface area contributed by atoms with E-state index in [1.165, 1.54) is 21.6 Å². The first kappa shape index (κ1) is 24.2. The Labute approximate surface area is 207 Å². The molecule has 0 aliphatic carbocycles. The van der Waals surface area contributed by atoms with Gasteiger partial charge < -0.3 is 9.80 Å². The molecule has 1 unspecified atom stereocenters. The van der Waals surface area contributed by atoms with Crippen LogP contribution in [0.3, 0.4) is 0 Å². The molecule has 4 rings (SSSR count).